The maximum absolute atomic E-state index is 10.5. The molecule has 0 bridgehead atoms. The molecule has 0 fully saturated rings. The first-order valence-corrected chi connectivity index (χ1v) is 6.23. The lowest BCUT2D eigenvalue weighted by molar-refractivity contribution is 0.112. The second-order valence-corrected chi connectivity index (χ2v) is 4.32. The van der Waals surface area contributed by atoms with Gasteiger partial charge in [0.25, 0.3) is 0 Å². The Kier molecular flexibility index (Phi) is 3.37. The van der Waals surface area contributed by atoms with Crippen molar-refractivity contribution in [3.8, 4) is 5.75 Å². The molecule has 0 radical (unpaired) electrons. The summed E-state index contributed by atoms with van der Waals surface area (Å²) in [4.78, 5) is 18.7. The molecule has 0 spiro atoms. The zero-order valence-corrected chi connectivity index (χ0v) is 10.7. The lowest BCUT2D eigenvalue weighted by Crippen LogP contribution is -2.02. The fourth-order valence-electron chi connectivity index (χ4n) is 1.96. The quantitative estimate of drug-likeness (QED) is 0.680. The number of hydrogen-bond donors (Lipinski definition) is 0. The molecule has 0 N–H and O–H groups in total. The third kappa shape index (κ3) is 2.49. The SMILES string of the molecule is O=Cc1cnc(COc2cccc3ccccc23)nc1. The summed E-state index contributed by atoms with van der Waals surface area (Å²) in [6.07, 6.45) is 3.69. The molecule has 4 heteroatoms. The van der Waals surface area contributed by atoms with Gasteiger partial charge < -0.3 is 4.74 Å². The minimum Gasteiger partial charge on any atom is -0.485 e. The molecule has 1 aromatic heterocycles. The van der Waals surface area contributed by atoms with Crippen molar-refractivity contribution in [3.63, 3.8) is 0 Å². The minimum atomic E-state index is 0.271. The van der Waals surface area contributed by atoms with Crippen LogP contribution in [0.15, 0.2) is 54.9 Å². The standard InChI is InChI=1S/C16H12N2O2/c19-10-12-8-17-16(18-9-12)11-20-15-7-3-5-13-4-1-2-6-14(13)15/h1-10H,11H2. The Bertz CT molecular complexity index is 734. The van der Waals surface area contributed by atoms with Crippen molar-refractivity contribution in [1.82, 2.24) is 9.97 Å². The van der Waals surface area contributed by atoms with Crippen LogP contribution in [0.5, 0.6) is 5.75 Å². The van der Waals surface area contributed by atoms with E-state index in [1.807, 2.05) is 42.5 Å². The predicted molar refractivity (Wildman–Crippen MR) is 75.7 cm³/mol. The lowest BCUT2D eigenvalue weighted by atomic mass is 10.1. The number of carbonyl (C=O) groups excluding carboxylic acids is 1. The van der Waals surface area contributed by atoms with Crippen molar-refractivity contribution in [3.05, 3.63) is 66.2 Å². The fraction of sp³-hybridized carbons (Fsp3) is 0.0625. The molecule has 0 atom stereocenters. The molecule has 1 heterocycles. The van der Waals surface area contributed by atoms with Gasteiger partial charge in [-0.3, -0.25) is 4.79 Å². The number of aromatic nitrogens is 2. The van der Waals surface area contributed by atoms with Crippen molar-refractivity contribution in [1.29, 1.82) is 0 Å². The van der Waals surface area contributed by atoms with Crippen molar-refractivity contribution in [2.24, 2.45) is 0 Å². The summed E-state index contributed by atoms with van der Waals surface area (Å²) in [5.41, 5.74) is 0.457. The maximum Gasteiger partial charge on any atom is 0.166 e. The van der Waals surface area contributed by atoms with E-state index in [1.54, 1.807) is 0 Å². The average molecular weight is 264 g/mol. The molecule has 0 aliphatic rings. The molecular weight excluding hydrogens is 252 g/mol. The molecule has 0 amide bonds. The van der Waals surface area contributed by atoms with Crippen LogP contribution < -0.4 is 4.74 Å². The summed E-state index contributed by atoms with van der Waals surface area (Å²) in [6, 6.07) is 13.9. The van der Waals surface area contributed by atoms with Gasteiger partial charge in [0.2, 0.25) is 0 Å². The topological polar surface area (TPSA) is 52.1 Å². The monoisotopic (exact) mass is 264 g/mol. The molecular formula is C16H12N2O2. The van der Waals surface area contributed by atoms with E-state index in [0.29, 0.717) is 11.4 Å². The number of rotatable bonds is 4. The largest absolute Gasteiger partial charge is 0.485 e. The van der Waals surface area contributed by atoms with Gasteiger partial charge in [-0.05, 0) is 11.5 Å². The smallest absolute Gasteiger partial charge is 0.166 e. The van der Waals surface area contributed by atoms with Crippen molar-refractivity contribution in [2.45, 2.75) is 6.61 Å². The number of fused-ring (bicyclic) bond motifs is 1. The Balaban J connectivity index is 1.81. The zero-order valence-electron chi connectivity index (χ0n) is 10.7. The molecule has 0 unspecified atom stereocenters. The number of ether oxygens (including phenoxy) is 1. The minimum absolute atomic E-state index is 0.271. The van der Waals surface area contributed by atoms with Gasteiger partial charge in [-0.2, -0.15) is 0 Å². The summed E-state index contributed by atoms with van der Waals surface area (Å²) in [5, 5.41) is 2.18. The van der Waals surface area contributed by atoms with Gasteiger partial charge >= 0.3 is 0 Å². The Morgan fingerprint density at radius 2 is 1.75 bits per heavy atom. The summed E-state index contributed by atoms with van der Waals surface area (Å²) in [6.45, 7) is 0.271. The van der Waals surface area contributed by atoms with Gasteiger partial charge in [-0.1, -0.05) is 36.4 Å². The highest BCUT2D eigenvalue weighted by atomic mass is 16.5. The highest BCUT2D eigenvalue weighted by molar-refractivity contribution is 5.88. The van der Waals surface area contributed by atoms with Crippen LogP contribution in [-0.4, -0.2) is 16.3 Å². The van der Waals surface area contributed by atoms with Crippen LogP contribution in [-0.2, 0) is 6.61 Å². The van der Waals surface area contributed by atoms with Gasteiger partial charge in [0.1, 0.15) is 12.4 Å². The van der Waals surface area contributed by atoms with Crippen LogP contribution in [0, 0.1) is 0 Å². The molecule has 98 valence electrons. The van der Waals surface area contributed by atoms with E-state index in [2.05, 4.69) is 9.97 Å². The van der Waals surface area contributed by atoms with E-state index in [4.69, 9.17) is 4.74 Å². The summed E-state index contributed by atoms with van der Waals surface area (Å²) < 4.78 is 5.77. The van der Waals surface area contributed by atoms with Crippen LogP contribution in [0.25, 0.3) is 10.8 Å². The molecule has 3 rings (SSSR count). The molecule has 0 saturated heterocycles. The van der Waals surface area contributed by atoms with Crippen molar-refractivity contribution < 1.29 is 9.53 Å². The highest BCUT2D eigenvalue weighted by Crippen LogP contribution is 2.25. The Labute approximate surface area is 116 Å². The molecule has 4 nitrogen and oxygen atoms in total. The highest BCUT2D eigenvalue weighted by Gasteiger charge is 2.03. The second kappa shape index (κ2) is 5.48. The van der Waals surface area contributed by atoms with E-state index in [-0.39, 0.29) is 6.61 Å². The van der Waals surface area contributed by atoms with Gasteiger partial charge in [0.15, 0.2) is 12.1 Å². The normalized spacial score (nSPS) is 10.4. The first-order chi connectivity index (χ1) is 9.86. The lowest BCUT2D eigenvalue weighted by Gasteiger charge is -2.08. The van der Waals surface area contributed by atoms with Crippen LogP contribution in [0.4, 0.5) is 0 Å². The van der Waals surface area contributed by atoms with Crippen LogP contribution in [0.2, 0.25) is 0 Å². The molecule has 2 aromatic carbocycles. The first kappa shape index (κ1) is 12.3. The van der Waals surface area contributed by atoms with Crippen LogP contribution in [0.1, 0.15) is 16.2 Å². The summed E-state index contributed by atoms with van der Waals surface area (Å²) in [7, 11) is 0. The Morgan fingerprint density at radius 3 is 2.55 bits per heavy atom. The third-order valence-electron chi connectivity index (χ3n) is 2.97. The molecule has 0 aliphatic carbocycles. The molecule has 20 heavy (non-hydrogen) atoms. The fourth-order valence-corrected chi connectivity index (χ4v) is 1.96. The molecule has 0 saturated carbocycles. The maximum atomic E-state index is 10.5. The van der Waals surface area contributed by atoms with Gasteiger partial charge in [0.05, 0.1) is 5.56 Å². The number of benzene rings is 2. The first-order valence-electron chi connectivity index (χ1n) is 6.23. The number of hydrogen-bond acceptors (Lipinski definition) is 4. The van der Waals surface area contributed by atoms with E-state index < -0.39 is 0 Å². The third-order valence-corrected chi connectivity index (χ3v) is 2.97. The van der Waals surface area contributed by atoms with Gasteiger partial charge in [0, 0.05) is 17.8 Å². The summed E-state index contributed by atoms with van der Waals surface area (Å²) in [5.74, 6) is 1.34. The van der Waals surface area contributed by atoms with E-state index in [0.717, 1.165) is 22.8 Å². The van der Waals surface area contributed by atoms with E-state index in [9.17, 15) is 4.79 Å². The number of nitrogens with zero attached hydrogens (tertiary/aromatic N) is 2. The van der Waals surface area contributed by atoms with Crippen LogP contribution >= 0.6 is 0 Å². The predicted octanol–water partition coefficient (Wildman–Crippen LogP) is 3.02. The van der Waals surface area contributed by atoms with Crippen LogP contribution in [0.3, 0.4) is 0 Å². The van der Waals surface area contributed by atoms with Crippen molar-refractivity contribution in [2.75, 3.05) is 0 Å². The number of carbonyl (C=O) groups is 1. The Morgan fingerprint density at radius 1 is 1.00 bits per heavy atom. The van der Waals surface area contributed by atoms with E-state index in [1.165, 1.54) is 12.4 Å². The van der Waals surface area contributed by atoms with Gasteiger partial charge in [-0.25, -0.2) is 9.97 Å². The van der Waals surface area contributed by atoms with Crippen molar-refractivity contribution >= 4 is 17.1 Å². The van der Waals surface area contributed by atoms with Gasteiger partial charge in [-0.15, -0.1) is 0 Å². The summed E-state index contributed by atoms with van der Waals surface area (Å²) >= 11 is 0. The second-order valence-electron chi connectivity index (χ2n) is 4.32. The van der Waals surface area contributed by atoms with E-state index >= 15 is 0 Å². The number of aldehydes is 1. The molecule has 0 aliphatic heterocycles. The Hall–Kier alpha value is -2.75. The molecule has 3 aromatic rings. The average Bonchev–Trinajstić information content (AvgIpc) is 2.53. The zero-order chi connectivity index (χ0) is 13.8.